The molecule has 166 valence electrons. The summed E-state index contributed by atoms with van der Waals surface area (Å²) in [6, 6.07) is 13.0. The molecule has 0 saturated carbocycles. The number of hydrogen-bond donors (Lipinski definition) is 1. The number of sulfonamides is 1. The van der Waals surface area contributed by atoms with Crippen molar-refractivity contribution in [3.63, 3.8) is 0 Å². The van der Waals surface area contributed by atoms with Gasteiger partial charge in [-0.3, -0.25) is 9.36 Å². The van der Waals surface area contributed by atoms with E-state index in [4.69, 9.17) is 0 Å². The fourth-order valence-electron chi connectivity index (χ4n) is 4.18. The van der Waals surface area contributed by atoms with Crippen LogP contribution in [0.4, 0.5) is 5.69 Å². The molecule has 1 atom stereocenters. The van der Waals surface area contributed by atoms with E-state index in [1.54, 1.807) is 22.8 Å². The van der Waals surface area contributed by atoms with Crippen LogP contribution >= 0.6 is 11.3 Å². The zero-order chi connectivity index (χ0) is 22.2. The standard InChI is InChI=1S/C23H29N3O3S2/c1-16(2)26-21-11-10-20(13-22(21)30-23(26)27)31(28,29)24-14-18-6-8-19(9-7-18)25-12-4-5-17(3)15-25/h6-11,13,16-17,24H,4-5,12,14-15H2,1-3H3/t17-/m0/s1. The predicted octanol–water partition coefficient (Wildman–Crippen LogP) is 4.36. The van der Waals surface area contributed by atoms with Crippen LogP contribution in [0.1, 0.15) is 45.2 Å². The molecule has 3 aromatic rings. The second-order valence-electron chi connectivity index (χ2n) is 8.65. The van der Waals surface area contributed by atoms with E-state index in [1.165, 1.54) is 18.5 Å². The smallest absolute Gasteiger partial charge is 0.308 e. The summed E-state index contributed by atoms with van der Waals surface area (Å²) < 4.78 is 30.7. The summed E-state index contributed by atoms with van der Waals surface area (Å²) in [5, 5.41) is 0. The molecular weight excluding hydrogens is 430 g/mol. The molecule has 2 aromatic carbocycles. The van der Waals surface area contributed by atoms with Crippen LogP contribution in [0.25, 0.3) is 10.2 Å². The first-order valence-electron chi connectivity index (χ1n) is 10.7. The van der Waals surface area contributed by atoms with Gasteiger partial charge in [-0.15, -0.1) is 0 Å². The van der Waals surface area contributed by atoms with Crippen molar-refractivity contribution in [2.24, 2.45) is 5.92 Å². The highest BCUT2D eigenvalue weighted by Gasteiger charge is 2.19. The van der Waals surface area contributed by atoms with Crippen LogP contribution in [0.15, 0.2) is 52.2 Å². The molecule has 1 saturated heterocycles. The van der Waals surface area contributed by atoms with Crippen LogP contribution in [-0.4, -0.2) is 26.1 Å². The molecule has 0 amide bonds. The summed E-state index contributed by atoms with van der Waals surface area (Å²) in [6.07, 6.45) is 2.49. The summed E-state index contributed by atoms with van der Waals surface area (Å²) in [6.45, 7) is 8.53. The first-order valence-corrected chi connectivity index (χ1v) is 13.0. The van der Waals surface area contributed by atoms with Crippen LogP contribution in [0.5, 0.6) is 0 Å². The third kappa shape index (κ3) is 4.71. The zero-order valence-corrected chi connectivity index (χ0v) is 19.8. The van der Waals surface area contributed by atoms with Gasteiger partial charge >= 0.3 is 4.87 Å². The maximum Gasteiger partial charge on any atom is 0.308 e. The van der Waals surface area contributed by atoms with Gasteiger partial charge in [-0.05, 0) is 68.5 Å². The molecule has 2 heterocycles. The number of fused-ring (bicyclic) bond motifs is 1. The van der Waals surface area contributed by atoms with E-state index in [2.05, 4.69) is 28.7 Å². The maximum atomic E-state index is 12.8. The Morgan fingerprint density at radius 2 is 1.90 bits per heavy atom. The first kappa shape index (κ1) is 22.0. The van der Waals surface area contributed by atoms with Gasteiger partial charge in [0.15, 0.2) is 0 Å². The van der Waals surface area contributed by atoms with Crippen LogP contribution in [0.3, 0.4) is 0 Å². The maximum absolute atomic E-state index is 12.8. The number of hydrogen-bond acceptors (Lipinski definition) is 5. The Bertz CT molecular complexity index is 1230. The largest absolute Gasteiger partial charge is 0.371 e. The topological polar surface area (TPSA) is 71.4 Å². The number of thiazole rings is 1. The summed E-state index contributed by atoms with van der Waals surface area (Å²) in [5.74, 6) is 0.702. The lowest BCUT2D eigenvalue weighted by Gasteiger charge is -2.32. The Hall–Kier alpha value is -2.16. The van der Waals surface area contributed by atoms with Crippen molar-refractivity contribution >= 4 is 37.3 Å². The van der Waals surface area contributed by atoms with Crippen LogP contribution in [-0.2, 0) is 16.6 Å². The normalized spacial score (nSPS) is 17.5. The van der Waals surface area contributed by atoms with Crippen LogP contribution < -0.4 is 14.5 Å². The van der Waals surface area contributed by atoms with E-state index in [0.717, 1.165) is 35.5 Å². The monoisotopic (exact) mass is 459 g/mol. The highest BCUT2D eigenvalue weighted by Crippen LogP contribution is 2.25. The molecule has 1 aromatic heterocycles. The van der Waals surface area contributed by atoms with Crippen molar-refractivity contribution < 1.29 is 8.42 Å². The number of nitrogens with zero attached hydrogens (tertiary/aromatic N) is 2. The van der Waals surface area contributed by atoms with Gasteiger partial charge in [0.05, 0.1) is 15.1 Å². The lowest BCUT2D eigenvalue weighted by molar-refractivity contribution is 0.447. The zero-order valence-electron chi connectivity index (χ0n) is 18.2. The molecule has 0 spiro atoms. The summed E-state index contributed by atoms with van der Waals surface area (Å²) in [7, 11) is -3.68. The summed E-state index contributed by atoms with van der Waals surface area (Å²) in [4.78, 5) is 14.7. The van der Waals surface area contributed by atoms with Crippen molar-refractivity contribution in [1.29, 1.82) is 0 Å². The van der Waals surface area contributed by atoms with Gasteiger partial charge in [-0.25, -0.2) is 13.1 Å². The fraction of sp³-hybridized carbons (Fsp3) is 0.435. The van der Waals surface area contributed by atoms with E-state index in [1.807, 2.05) is 26.0 Å². The van der Waals surface area contributed by atoms with Crippen LogP contribution in [0.2, 0.25) is 0 Å². The van der Waals surface area contributed by atoms with Crippen molar-refractivity contribution in [2.75, 3.05) is 18.0 Å². The highest BCUT2D eigenvalue weighted by atomic mass is 32.2. The molecular formula is C23H29N3O3S2. The molecule has 6 nitrogen and oxygen atoms in total. The summed E-state index contributed by atoms with van der Waals surface area (Å²) in [5.41, 5.74) is 2.87. The van der Waals surface area contributed by atoms with E-state index in [-0.39, 0.29) is 22.4 Å². The molecule has 1 aliphatic rings. The van der Waals surface area contributed by atoms with Crippen molar-refractivity contribution in [2.45, 2.75) is 51.1 Å². The Morgan fingerprint density at radius 3 is 2.58 bits per heavy atom. The third-order valence-electron chi connectivity index (χ3n) is 5.84. The number of piperidine rings is 1. The molecule has 1 aliphatic heterocycles. The number of rotatable bonds is 6. The van der Waals surface area contributed by atoms with Gasteiger partial charge in [0.25, 0.3) is 0 Å². The molecule has 0 radical (unpaired) electrons. The fourth-order valence-corrected chi connectivity index (χ4v) is 6.35. The molecule has 0 unspecified atom stereocenters. The van der Waals surface area contributed by atoms with Gasteiger partial charge in [0.1, 0.15) is 0 Å². The second kappa shape index (κ2) is 8.76. The summed E-state index contributed by atoms with van der Waals surface area (Å²) >= 11 is 1.08. The van der Waals surface area contributed by atoms with Crippen molar-refractivity contribution in [3.05, 3.63) is 57.7 Å². The first-order chi connectivity index (χ1) is 14.7. The minimum Gasteiger partial charge on any atom is -0.371 e. The molecule has 0 aliphatic carbocycles. The van der Waals surface area contributed by atoms with E-state index < -0.39 is 10.0 Å². The number of anilines is 1. The van der Waals surface area contributed by atoms with Gasteiger partial charge in [-0.1, -0.05) is 30.4 Å². The molecule has 31 heavy (non-hydrogen) atoms. The minimum absolute atomic E-state index is 0.0259. The van der Waals surface area contributed by atoms with Crippen molar-refractivity contribution in [1.82, 2.24) is 9.29 Å². The Kier molecular flexibility index (Phi) is 6.23. The second-order valence-corrected chi connectivity index (χ2v) is 11.4. The SMILES string of the molecule is CC(C)n1c(=O)sc2cc(S(=O)(=O)NCc3ccc(N4CCC[C@H](C)C4)cc3)ccc21. The van der Waals surface area contributed by atoms with Gasteiger partial charge in [-0.2, -0.15) is 0 Å². The Morgan fingerprint density at radius 1 is 1.16 bits per heavy atom. The van der Waals surface area contributed by atoms with E-state index in [9.17, 15) is 13.2 Å². The molecule has 1 N–H and O–H groups in total. The third-order valence-corrected chi connectivity index (χ3v) is 8.15. The Balaban J connectivity index is 1.47. The number of benzene rings is 2. The Labute approximate surface area is 187 Å². The van der Waals surface area contributed by atoms with Gasteiger partial charge in [0.2, 0.25) is 10.0 Å². The van der Waals surface area contributed by atoms with Gasteiger partial charge in [0, 0.05) is 31.4 Å². The predicted molar refractivity (Wildman–Crippen MR) is 128 cm³/mol. The van der Waals surface area contributed by atoms with Crippen LogP contribution in [0, 0.1) is 5.92 Å². The lowest BCUT2D eigenvalue weighted by Crippen LogP contribution is -2.34. The highest BCUT2D eigenvalue weighted by molar-refractivity contribution is 7.89. The van der Waals surface area contributed by atoms with Crippen molar-refractivity contribution in [3.8, 4) is 0 Å². The molecule has 4 rings (SSSR count). The minimum atomic E-state index is -3.68. The number of nitrogens with one attached hydrogen (secondary N) is 1. The van der Waals surface area contributed by atoms with Gasteiger partial charge < -0.3 is 4.90 Å². The molecule has 1 fully saturated rings. The lowest BCUT2D eigenvalue weighted by atomic mass is 9.99. The number of aromatic nitrogens is 1. The molecule has 8 heteroatoms. The average molecular weight is 460 g/mol. The van der Waals surface area contributed by atoms with E-state index >= 15 is 0 Å². The van der Waals surface area contributed by atoms with E-state index in [0.29, 0.717) is 10.6 Å². The average Bonchev–Trinajstić information content (AvgIpc) is 3.08. The quantitative estimate of drug-likeness (QED) is 0.595. The molecule has 0 bridgehead atoms.